The molecule has 0 unspecified atom stereocenters. The third kappa shape index (κ3) is 4.84. The normalized spacial score (nSPS) is 10.7. The number of nitro groups is 1. The highest BCUT2D eigenvalue weighted by atomic mass is 16.6. The van der Waals surface area contributed by atoms with Gasteiger partial charge in [0, 0.05) is 18.2 Å². The molecule has 0 aliphatic rings. The zero-order valence-electron chi connectivity index (χ0n) is 11.4. The quantitative estimate of drug-likeness (QED) is 0.327. The Morgan fingerprint density at radius 1 is 1.47 bits per heavy atom. The van der Waals surface area contributed by atoms with Gasteiger partial charge in [0.05, 0.1) is 11.5 Å². The predicted molar refractivity (Wildman–Crippen MR) is 74.6 cm³/mol. The fourth-order valence-corrected chi connectivity index (χ4v) is 1.80. The van der Waals surface area contributed by atoms with Crippen molar-refractivity contribution < 1.29 is 9.66 Å². The third-order valence-electron chi connectivity index (χ3n) is 2.80. The van der Waals surface area contributed by atoms with E-state index in [4.69, 9.17) is 10.6 Å². The summed E-state index contributed by atoms with van der Waals surface area (Å²) in [4.78, 5) is 10.4. The molecule has 0 amide bonds. The zero-order valence-corrected chi connectivity index (χ0v) is 11.4. The number of benzene rings is 1. The van der Waals surface area contributed by atoms with Gasteiger partial charge in [-0.3, -0.25) is 16.0 Å². The molecule has 0 saturated heterocycles. The van der Waals surface area contributed by atoms with E-state index < -0.39 is 4.92 Å². The van der Waals surface area contributed by atoms with Crippen LogP contribution in [0.3, 0.4) is 0 Å². The number of nitrogen functional groups attached to an aromatic ring is 1. The van der Waals surface area contributed by atoms with Gasteiger partial charge in [0.1, 0.15) is 5.69 Å². The minimum Gasteiger partial charge on any atom is -0.377 e. The maximum Gasteiger partial charge on any atom is 0.294 e. The Morgan fingerprint density at radius 2 is 2.21 bits per heavy atom. The molecule has 0 aliphatic heterocycles. The van der Waals surface area contributed by atoms with E-state index in [2.05, 4.69) is 19.3 Å². The summed E-state index contributed by atoms with van der Waals surface area (Å²) >= 11 is 0. The van der Waals surface area contributed by atoms with Crippen LogP contribution in [-0.2, 0) is 11.3 Å². The Bertz CT molecular complexity index is 422. The lowest BCUT2D eigenvalue weighted by atomic mass is 10.1. The number of hydrogen-bond acceptors (Lipinski definition) is 5. The van der Waals surface area contributed by atoms with Crippen LogP contribution in [0.4, 0.5) is 11.4 Å². The molecule has 1 rings (SSSR count). The molecule has 19 heavy (non-hydrogen) atoms. The van der Waals surface area contributed by atoms with Crippen molar-refractivity contribution in [1.82, 2.24) is 0 Å². The first-order valence-electron chi connectivity index (χ1n) is 6.37. The van der Waals surface area contributed by atoms with Gasteiger partial charge in [0.25, 0.3) is 5.69 Å². The van der Waals surface area contributed by atoms with Crippen molar-refractivity contribution in [1.29, 1.82) is 0 Å². The van der Waals surface area contributed by atoms with Crippen LogP contribution in [0, 0.1) is 16.0 Å². The molecule has 6 heteroatoms. The van der Waals surface area contributed by atoms with E-state index in [9.17, 15) is 10.1 Å². The van der Waals surface area contributed by atoms with Gasteiger partial charge in [-0.2, -0.15) is 0 Å². The van der Waals surface area contributed by atoms with Crippen molar-refractivity contribution >= 4 is 11.4 Å². The topological polar surface area (TPSA) is 90.4 Å². The summed E-state index contributed by atoms with van der Waals surface area (Å²) in [5.74, 6) is 6.00. The first-order valence-corrected chi connectivity index (χ1v) is 6.37. The van der Waals surface area contributed by atoms with Crippen LogP contribution in [0.5, 0.6) is 0 Å². The number of nitrogens with two attached hydrogens (primary N) is 1. The van der Waals surface area contributed by atoms with E-state index in [-0.39, 0.29) is 5.69 Å². The number of nitro benzene ring substituents is 1. The lowest BCUT2D eigenvalue weighted by molar-refractivity contribution is -0.384. The molecule has 1 aromatic rings. The monoisotopic (exact) mass is 267 g/mol. The number of nitrogens with zero attached hydrogens (tertiary/aromatic N) is 1. The molecule has 1 aromatic carbocycles. The van der Waals surface area contributed by atoms with E-state index in [0.29, 0.717) is 30.4 Å². The number of hydrogen-bond donors (Lipinski definition) is 2. The van der Waals surface area contributed by atoms with E-state index in [1.807, 2.05) is 0 Å². The van der Waals surface area contributed by atoms with Crippen molar-refractivity contribution in [2.24, 2.45) is 11.8 Å². The van der Waals surface area contributed by atoms with Crippen molar-refractivity contribution in [3.8, 4) is 0 Å². The van der Waals surface area contributed by atoms with Gasteiger partial charge in [0.2, 0.25) is 0 Å². The summed E-state index contributed by atoms with van der Waals surface area (Å²) in [5.41, 5.74) is 3.36. The maximum atomic E-state index is 10.9. The first-order chi connectivity index (χ1) is 9.06. The van der Waals surface area contributed by atoms with Crippen LogP contribution in [0.2, 0.25) is 0 Å². The molecule has 0 spiro atoms. The standard InChI is InChI=1S/C13H21N3O3/c1-10(2)5-4-8-19-9-11-6-3-7-12(16(17)18)13(11)15-14/h3,6-7,10,15H,4-5,8-9,14H2,1-2H3. The number of hydrazine groups is 1. The molecular weight excluding hydrogens is 246 g/mol. The molecule has 0 atom stereocenters. The first kappa shape index (κ1) is 15.4. The molecule has 106 valence electrons. The van der Waals surface area contributed by atoms with Gasteiger partial charge in [-0.25, -0.2) is 0 Å². The molecule has 0 radical (unpaired) electrons. The van der Waals surface area contributed by atoms with Crippen molar-refractivity contribution in [3.05, 3.63) is 33.9 Å². The van der Waals surface area contributed by atoms with Crippen LogP contribution in [-0.4, -0.2) is 11.5 Å². The summed E-state index contributed by atoms with van der Waals surface area (Å²) < 4.78 is 5.53. The Kier molecular flexibility index (Phi) is 6.24. The molecule has 0 aromatic heterocycles. The molecular formula is C13H21N3O3. The van der Waals surface area contributed by atoms with E-state index >= 15 is 0 Å². The second kappa shape index (κ2) is 7.70. The van der Waals surface area contributed by atoms with Crippen LogP contribution < -0.4 is 11.3 Å². The Balaban J connectivity index is 2.58. The van der Waals surface area contributed by atoms with E-state index in [1.165, 1.54) is 6.07 Å². The second-order valence-corrected chi connectivity index (χ2v) is 4.80. The highest BCUT2D eigenvalue weighted by molar-refractivity contribution is 5.65. The maximum absolute atomic E-state index is 10.9. The molecule has 0 bridgehead atoms. The highest BCUT2D eigenvalue weighted by Gasteiger charge is 2.16. The number of para-hydroxylation sites is 1. The largest absolute Gasteiger partial charge is 0.377 e. The van der Waals surface area contributed by atoms with Crippen molar-refractivity contribution in [2.75, 3.05) is 12.0 Å². The molecule has 0 fully saturated rings. The van der Waals surface area contributed by atoms with Gasteiger partial charge >= 0.3 is 0 Å². The second-order valence-electron chi connectivity index (χ2n) is 4.80. The lowest BCUT2D eigenvalue weighted by Gasteiger charge is -2.10. The van der Waals surface area contributed by atoms with Gasteiger partial charge in [0.15, 0.2) is 0 Å². The number of anilines is 1. The van der Waals surface area contributed by atoms with Crippen molar-refractivity contribution in [2.45, 2.75) is 33.3 Å². The summed E-state index contributed by atoms with van der Waals surface area (Å²) in [6, 6.07) is 4.81. The summed E-state index contributed by atoms with van der Waals surface area (Å²) in [6.45, 7) is 5.29. The SMILES string of the molecule is CC(C)CCCOCc1cccc([N+](=O)[O-])c1NN. The number of ether oxygens (including phenoxy) is 1. The molecule has 0 saturated carbocycles. The minimum atomic E-state index is -0.461. The number of rotatable bonds is 8. The van der Waals surface area contributed by atoms with Gasteiger partial charge in [-0.15, -0.1) is 0 Å². The third-order valence-corrected chi connectivity index (χ3v) is 2.80. The molecule has 0 aliphatic carbocycles. The van der Waals surface area contributed by atoms with Crippen LogP contribution in [0.15, 0.2) is 18.2 Å². The van der Waals surface area contributed by atoms with Crippen LogP contribution in [0.25, 0.3) is 0 Å². The smallest absolute Gasteiger partial charge is 0.294 e. The molecule has 6 nitrogen and oxygen atoms in total. The summed E-state index contributed by atoms with van der Waals surface area (Å²) in [5, 5.41) is 10.9. The molecule has 3 N–H and O–H groups in total. The average molecular weight is 267 g/mol. The highest BCUT2D eigenvalue weighted by Crippen LogP contribution is 2.27. The van der Waals surface area contributed by atoms with Crippen LogP contribution in [0.1, 0.15) is 32.3 Å². The fraction of sp³-hybridized carbons (Fsp3) is 0.538. The van der Waals surface area contributed by atoms with Crippen molar-refractivity contribution in [3.63, 3.8) is 0 Å². The Morgan fingerprint density at radius 3 is 2.79 bits per heavy atom. The Hall–Kier alpha value is -1.66. The van der Waals surface area contributed by atoms with Gasteiger partial charge in [-0.1, -0.05) is 26.0 Å². The Labute approximate surface area is 113 Å². The lowest BCUT2D eigenvalue weighted by Crippen LogP contribution is -2.12. The molecule has 0 heterocycles. The summed E-state index contributed by atoms with van der Waals surface area (Å²) in [7, 11) is 0. The minimum absolute atomic E-state index is 0.0363. The van der Waals surface area contributed by atoms with E-state index in [0.717, 1.165) is 12.8 Å². The average Bonchev–Trinajstić information content (AvgIpc) is 2.37. The van der Waals surface area contributed by atoms with E-state index in [1.54, 1.807) is 12.1 Å². The van der Waals surface area contributed by atoms with Gasteiger partial charge < -0.3 is 10.2 Å². The zero-order chi connectivity index (χ0) is 14.3. The van der Waals surface area contributed by atoms with Gasteiger partial charge in [-0.05, 0) is 18.8 Å². The summed E-state index contributed by atoms with van der Waals surface area (Å²) in [6.07, 6.45) is 2.09. The fourth-order valence-electron chi connectivity index (χ4n) is 1.80. The van der Waals surface area contributed by atoms with Crippen LogP contribution >= 0.6 is 0 Å². The predicted octanol–water partition coefficient (Wildman–Crippen LogP) is 2.83. The number of nitrogens with one attached hydrogen (secondary N) is 1.